The molecule has 108 valence electrons. The molecule has 3 N–H and O–H groups in total. The Labute approximate surface area is 111 Å². The molecule has 0 spiro atoms. The number of nitrogens with one attached hydrogen (secondary N) is 1. The molecule has 0 aromatic rings. The number of hydrogen-bond acceptors (Lipinski definition) is 4. The van der Waals surface area contributed by atoms with Crippen molar-refractivity contribution < 1.29 is 24.5 Å². The second kappa shape index (κ2) is 4.64. The first-order valence-electron chi connectivity index (χ1n) is 6.34. The molecule has 2 rings (SSSR count). The van der Waals surface area contributed by atoms with E-state index in [-0.39, 0.29) is 25.8 Å². The van der Waals surface area contributed by atoms with Crippen molar-refractivity contribution in [1.29, 1.82) is 0 Å². The lowest BCUT2D eigenvalue weighted by atomic mass is 9.85. The van der Waals surface area contributed by atoms with Gasteiger partial charge in [0.2, 0.25) is 0 Å². The van der Waals surface area contributed by atoms with Crippen molar-refractivity contribution in [2.45, 2.75) is 31.9 Å². The molecule has 0 aromatic heterocycles. The summed E-state index contributed by atoms with van der Waals surface area (Å²) >= 11 is 0. The summed E-state index contributed by atoms with van der Waals surface area (Å²) in [6.45, 7) is 4.25. The van der Waals surface area contributed by atoms with E-state index in [0.29, 0.717) is 13.0 Å². The minimum absolute atomic E-state index is 0.0883. The molecule has 3 unspecified atom stereocenters. The lowest BCUT2D eigenvalue weighted by molar-refractivity contribution is -0.148. The van der Waals surface area contributed by atoms with Gasteiger partial charge in [-0.2, -0.15) is 0 Å². The number of β-amino-alcohol motifs (C(OH)–C–C–N with tert-alkyl or cyclic N) is 1. The Morgan fingerprint density at radius 1 is 1.42 bits per heavy atom. The molecule has 7 heteroatoms. The highest BCUT2D eigenvalue weighted by molar-refractivity contribution is 5.79. The van der Waals surface area contributed by atoms with Crippen molar-refractivity contribution in [3.05, 3.63) is 0 Å². The normalized spacial score (nSPS) is 38.5. The zero-order chi connectivity index (χ0) is 14.3. The Hall–Kier alpha value is -1.34. The SMILES string of the molecule is CC1(O)CCN(C(=O)NC2COCC2(C)C(=O)O)C1. The number of amides is 2. The van der Waals surface area contributed by atoms with Crippen LogP contribution in [0.4, 0.5) is 4.79 Å². The van der Waals surface area contributed by atoms with Gasteiger partial charge < -0.3 is 25.2 Å². The highest BCUT2D eigenvalue weighted by Crippen LogP contribution is 2.29. The monoisotopic (exact) mass is 272 g/mol. The Kier molecular flexibility index (Phi) is 3.44. The van der Waals surface area contributed by atoms with Crippen LogP contribution in [0, 0.1) is 5.41 Å². The van der Waals surface area contributed by atoms with Crippen LogP contribution in [0.5, 0.6) is 0 Å². The largest absolute Gasteiger partial charge is 0.481 e. The molecular formula is C12H20N2O5. The van der Waals surface area contributed by atoms with E-state index in [9.17, 15) is 19.8 Å². The van der Waals surface area contributed by atoms with Gasteiger partial charge in [-0.05, 0) is 20.3 Å². The second-order valence-corrected chi connectivity index (χ2v) is 5.91. The summed E-state index contributed by atoms with van der Waals surface area (Å²) in [5.41, 5.74) is -1.96. The summed E-state index contributed by atoms with van der Waals surface area (Å²) in [7, 11) is 0. The molecule has 7 nitrogen and oxygen atoms in total. The van der Waals surface area contributed by atoms with Gasteiger partial charge in [0.1, 0.15) is 5.41 Å². The molecule has 3 atom stereocenters. The lowest BCUT2D eigenvalue weighted by Crippen LogP contribution is -2.53. The van der Waals surface area contributed by atoms with Crippen LogP contribution in [0.1, 0.15) is 20.3 Å². The first-order chi connectivity index (χ1) is 8.74. The maximum atomic E-state index is 12.1. The average molecular weight is 272 g/mol. The van der Waals surface area contributed by atoms with Crippen LogP contribution in [0.15, 0.2) is 0 Å². The number of nitrogens with zero attached hydrogens (tertiary/aromatic N) is 1. The lowest BCUT2D eigenvalue weighted by Gasteiger charge is -2.28. The van der Waals surface area contributed by atoms with Crippen LogP contribution in [0.2, 0.25) is 0 Å². The number of urea groups is 1. The number of hydrogen-bond donors (Lipinski definition) is 3. The second-order valence-electron chi connectivity index (χ2n) is 5.91. The fourth-order valence-electron chi connectivity index (χ4n) is 2.44. The molecule has 0 aliphatic carbocycles. The summed E-state index contributed by atoms with van der Waals surface area (Å²) in [6, 6.07) is -0.899. The molecule has 0 radical (unpaired) electrons. The van der Waals surface area contributed by atoms with Gasteiger partial charge in [0.15, 0.2) is 0 Å². The van der Waals surface area contributed by atoms with Crippen molar-refractivity contribution in [3.8, 4) is 0 Å². The fraction of sp³-hybridized carbons (Fsp3) is 0.833. The summed E-state index contributed by atoms with van der Waals surface area (Å²) in [5.74, 6) is -0.983. The highest BCUT2D eigenvalue weighted by Gasteiger charge is 2.48. The summed E-state index contributed by atoms with van der Waals surface area (Å²) < 4.78 is 5.18. The molecule has 2 saturated heterocycles. The zero-order valence-electron chi connectivity index (χ0n) is 11.2. The van der Waals surface area contributed by atoms with E-state index in [4.69, 9.17) is 4.74 Å². The number of carboxylic acid groups (broad SMARTS) is 1. The van der Waals surface area contributed by atoms with Crippen LogP contribution in [-0.2, 0) is 9.53 Å². The smallest absolute Gasteiger partial charge is 0.317 e. The number of carboxylic acids is 1. The molecule has 0 aromatic carbocycles. The highest BCUT2D eigenvalue weighted by atomic mass is 16.5. The van der Waals surface area contributed by atoms with Gasteiger partial charge in [0.25, 0.3) is 0 Å². The molecule has 2 aliphatic rings. The van der Waals surface area contributed by atoms with E-state index >= 15 is 0 Å². The molecule has 0 saturated carbocycles. The standard InChI is InChI=1S/C12H20N2O5/c1-11(18)3-4-14(6-11)10(17)13-8-5-19-7-12(8,2)9(15)16/h8,18H,3-7H2,1-2H3,(H,13,17)(H,15,16). The van der Waals surface area contributed by atoms with Gasteiger partial charge in [-0.25, -0.2) is 4.79 Å². The molecule has 2 amide bonds. The van der Waals surface area contributed by atoms with Crippen molar-refractivity contribution >= 4 is 12.0 Å². The summed E-state index contributed by atoms with van der Waals surface area (Å²) in [5, 5.41) is 21.7. The van der Waals surface area contributed by atoms with Crippen LogP contribution in [0.25, 0.3) is 0 Å². The molecule has 2 fully saturated rings. The van der Waals surface area contributed by atoms with E-state index in [1.165, 1.54) is 4.90 Å². The predicted molar refractivity (Wildman–Crippen MR) is 65.7 cm³/mol. The van der Waals surface area contributed by atoms with Crippen LogP contribution >= 0.6 is 0 Å². The van der Waals surface area contributed by atoms with Crippen molar-refractivity contribution in [2.24, 2.45) is 5.41 Å². The zero-order valence-corrected chi connectivity index (χ0v) is 11.2. The van der Waals surface area contributed by atoms with Crippen LogP contribution in [0.3, 0.4) is 0 Å². The number of ether oxygens (including phenoxy) is 1. The first kappa shape index (κ1) is 14.1. The van der Waals surface area contributed by atoms with Gasteiger partial charge in [-0.1, -0.05) is 0 Å². The Morgan fingerprint density at radius 3 is 2.63 bits per heavy atom. The Morgan fingerprint density at radius 2 is 2.11 bits per heavy atom. The quantitative estimate of drug-likeness (QED) is 0.637. The van der Waals surface area contributed by atoms with E-state index in [1.54, 1.807) is 13.8 Å². The van der Waals surface area contributed by atoms with Crippen molar-refractivity contribution in [1.82, 2.24) is 10.2 Å². The molecule has 2 aliphatic heterocycles. The van der Waals surface area contributed by atoms with E-state index in [2.05, 4.69) is 5.32 Å². The van der Waals surface area contributed by atoms with Gasteiger partial charge in [0.05, 0.1) is 31.4 Å². The third-order valence-electron chi connectivity index (χ3n) is 3.98. The molecule has 0 bridgehead atoms. The van der Waals surface area contributed by atoms with E-state index in [1.807, 2.05) is 0 Å². The maximum Gasteiger partial charge on any atom is 0.317 e. The van der Waals surface area contributed by atoms with E-state index in [0.717, 1.165) is 0 Å². The number of rotatable bonds is 2. The third kappa shape index (κ3) is 2.66. The van der Waals surface area contributed by atoms with Gasteiger partial charge in [0, 0.05) is 6.54 Å². The van der Waals surface area contributed by atoms with Crippen molar-refractivity contribution in [3.63, 3.8) is 0 Å². The number of carbonyl (C=O) groups is 2. The molecule has 19 heavy (non-hydrogen) atoms. The summed E-state index contributed by atoms with van der Waals surface area (Å²) in [4.78, 5) is 24.8. The number of carbonyl (C=O) groups excluding carboxylic acids is 1. The predicted octanol–water partition coefficient (Wildman–Crippen LogP) is -0.358. The number of likely N-dealkylation sites (tertiary alicyclic amines) is 1. The van der Waals surface area contributed by atoms with Gasteiger partial charge in [-0.3, -0.25) is 4.79 Å². The number of aliphatic carboxylic acids is 1. The van der Waals surface area contributed by atoms with Crippen molar-refractivity contribution in [2.75, 3.05) is 26.3 Å². The van der Waals surface area contributed by atoms with Gasteiger partial charge in [-0.15, -0.1) is 0 Å². The molecule has 2 heterocycles. The minimum Gasteiger partial charge on any atom is -0.481 e. The van der Waals surface area contributed by atoms with Crippen LogP contribution in [-0.4, -0.2) is 65.1 Å². The minimum atomic E-state index is -1.10. The Balaban J connectivity index is 1.98. The topological polar surface area (TPSA) is 99.1 Å². The Bertz CT molecular complexity index is 398. The fourth-order valence-corrected chi connectivity index (χ4v) is 2.44. The average Bonchev–Trinajstić information content (AvgIpc) is 2.84. The number of aliphatic hydroxyl groups is 1. The third-order valence-corrected chi connectivity index (χ3v) is 3.98. The summed E-state index contributed by atoms with van der Waals surface area (Å²) in [6.07, 6.45) is 0.526. The van der Waals surface area contributed by atoms with E-state index < -0.39 is 23.0 Å². The molecular weight excluding hydrogens is 252 g/mol. The van der Waals surface area contributed by atoms with Gasteiger partial charge >= 0.3 is 12.0 Å². The maximum absolute atomic E-state index is 12.1. The first-order valence-corrected chi connectivity index (χ1v) is 6.34. The van der Waals surface area contributed by atoms with Crippen LogP contribution < -0.4 is 5.32 Å².